The summed E-state index contributed by atoms with van der Waals surface area (Å²) in [6.07, 6.45) is 2.94. The number of rotatable bonds is 8. The Balaban J connectivity index is 1.63. The summed E-state index contributed by atoms with van der Waals surface area (Å²) in [7, 11) is 1.62. The molecule has 1 saturated heterocycles. The molecule has 0 bridgehead atoms. The number of hydrogen-bond acceptors (Lipinski definition) is 4. The molecule has 6 nitrogen and oxygen atoms in total. The molecule has 1 fully saturated rings. The zero-order valence-electron chi connectivity index (χ0n) is 15.1. The molecule has 0 aliphatic carbocycles. The van der Waals surface area contributed by atoms with Crippen molar-refractivity contribution in [2.75, 3.05) is 33.4 Å². The van der Waals surface area contributed by atoms with E-state index in [0.29, 0.717) is 32.7 Å². The second-order valence-electron chi connectivity index (χ2n) is 6.22. The number of hydrogen-bond donors (Lipinski definition) is 1. The van der Waals surface area contributed by atoms with E-state index in [1.807, 2.05) is 36.1 Å². The lowest BCUT2D eigenvalue weighted by Gasteiger charge is -2.31. The van der Waals surface area contributed by atoms with Gasteiger partial charge in [-0.1, -0.05) is 6.92 Å². The lowest BCUT2D eigenvalue weighted by atomic mass is 9.95. The first kappa shape index (κ1) is 19.1. The Labute approximate surface area is 149 Å². The second kappa shape index (κ2) is 9.91. The van der Waals surface area contributed by atoms with Crippen molar-refractivity contribution in [2.45, 2.75) is 32.6 Å². The Morgan fingerprint density at radius 1 is 1.16 bits per heavy atom. The number of piperidine rings is 1. The third-order valence-corrected chi connectivity index (χ3v) is 4.41. The molecule has 0 radical (unpaired) electrons. The predicted octanol–water partition coefficient (Wildman–Crippen LogP) is 2.23. The van der Waals surface area contributed by atoms with Gasteiger partial charge in [0.05, 0.1) is 13.7 Å². The smallest absolute Gasteiger partial charge is 0.223 e. The quantitative estimate of drug-likeness (QED) is 0.732. The molecule has 0 spiro atoms. The van der Waals surface area contributed by atoms with Gasteiger partial charge in [-0.2, -0.15) is 0 Å². The molecule has 138 valence electrons. The molecular weight excluding hydrogens is 320 g/mol. The van der Waals surface area contributed by atoms with E-state index in [-0.39, 0.29) is 17.7 Å². The highest BCUT2D eigenvalue weighted by molar-refractivity contribution is 5.80. The van der Waals surface area contributed by atoms with Crippen molar-refractivity contribution in [1.82, 2.24) is 10.2 Å². The van der Waals surface area contributed by atoms with Crippen LogP contribution in [0.2, 0.25) is 0 Å². The van der Waals surface area contributed by atoms with Crippen molar-refractivity contribution in [1.29, 1.82) is 0 Å². The average molecular weight is 348 g/mol. The fraction of sp³-hybridized carbons (Fsp3) is 0.579. The maximum atomic E-state index is 12.2. The minimum atomic E-state index is -0.00772. The molecule has 1 heterocycles. The molecule has 0 aromatic heterocycles. The number of carbonyl (C=O) groups excluding carboxylic acids is 2. The van der Waals surface area contributed by atoms with Crippen LogP contribution in [-0.4, -0.2) is 50.1 Å². The number of nitrogens with zero attached hydrogens (tertiary/aromatic N) is 1. The topological polar surface area (TPSA) is 67.9 Å². The minimum absolute atomic E-state index is 0.00772. The first-order valence-corrected chi connectivity index (χ1v) is 8.96. The largest absolute Gasteiger partial charge is 0.497 e. The van der Waals surface area contributed by atoms with Crippen molar-refractivity contribution < 1.29 is 19.1 Å². The predicted molar refractivity (Wildman–Crippen MR) is 95.7 cm³/mol. The van der Waals surface area contributed by atoms with E-state index >= 15 is 0 Å². The zero-order chi connectivity index (χ0) is 18.1. The zero-order valence-corrected chi connectivity index (χ0v) is 15.1. The maximum absolute atomic E-state index is 12.2. The number of nitrogens with one attached hydrogen (secondary N) is 1. The lowest BCUT2D eigenvalue weighted by molar-refractivity contribution is -0.135. The van der Waals surface area contributed by atoms with E-state index < -0.39 is 0 Å². The van der Waals surface area contributed by atoms with E-state index in [4.69, 9.17) is 9.47 Å². The first-order valence-electron chi connectivity index (χ1n) is 8.96. The number of amides is 2. The van der Waals surface area contributed by atoms with Crippen LogP contribution in [-0.2, 0) is 9.59 Å². The molecule has 0 saturated carbocycles. The number of benzene rings is 1. The third kappa shape index (κ3) is 5.96. The number of ether oxygens (including phenoxy) is 2. The minimum Gasteiger partial charge on any atom is -0.497 e. The average Bonchev–Trinajstić information content (AvgIpc) is 2.66. The molecule has 1 aliphatic heterocycles. The Morgan fingerprint density at radius 3 is 2.40 bits per heavy atom. The van der Waals surface area contributed by atoms with Gasteiger partial charge in [0.1, 0.15) is 18.1 Å². The Morgan fingerprint density at radius 2 is 1.80 bits per heavy atom. The van der Waals surface area contributed by atoms with Crippen LogP contribution in [0.15, 0.2) is 24.3 Å². The van der Waals surface area contributed by atoms with Gasteiger partial charge in [-0.15, -0.1) is 0 Å². The van der Waals surface area contributed by atoms with Crippen LogP contribution in [0.3, 0.4) is 0 Å². The summed E-state index contributed by atoms with van der Waals surface area (Å²) in [5.41, 5.74) is 0. The van der Waals surface area contributed by atoms with Gasteiger partial charge >= 0.3 is 0 Å². The summed E-state index contributed by atoms with van der Waals surface area (Å²) in [5.74, 6) is 1.78. The lowest BCUT2D eigenvalue weighted by Crippen LogP contribution is -2.43. The molecule has 1 aromatic carbocycles. The standard InChI is InChI=1S/C19H28N2O4/c1-3-4-18(22)21-12-9-15(10-13-21)19(23)20-11-14-25-17-7-5-16(24-2)6-8-17/h5-8,15H,3-4,9-14H2,1-2H3,(H,20,23). The summed E-state index contributed by atoms with van der Waals surface area (Å²) in [5, 5.41) is 2.92. The van der Waals surface area contributed by atoms with Gasteiger partial charge in [-0.05, 0) is 43.5 Å². The number of methoxy groups -OCH3 is 1. The molecule has 0 unspecified atom stereocenters. The molecule has 1 aromatic rings. The summed E-state index contributed by atoms with van der Waals surface area (Å²) in [6.45, 7) is 4.26. The van der Waals surface area contributed by atoms with E-state index in [0.717, 1.165) is 30.8 Å². The molecular formula is C19H28N2O4. The van der Waals surface area contributed by atoms with Gasteiger partial charge in [-0.3, -0.25) is 9.59 Å². The Bertz CT molecular complexity index is 551. The van der Waals surface area contributed by atoms with E-state index in [1.54, 1.807) is 7.11 Å². The number of likely N-dealkylation sites (tertiary alicyclic amines) is 1. The van der Waals surface area contributed by atoms with Crippen LogP contribution in [0.1, 0.15) is 32.6 Å². The fourth-order valence-electron chi connectivity index (χ4n) is 2.92. The van der Waals surface area contributed by atoms with Gasteiger partial charge in [-0.25, -0.2) is 0 Å². The van der Waals surface area contributed by atoms with Crippen LogP contribution in [0.4, 0.5) is 0 Å². The van der Waals surface area contributed by atoms with Crippen molar-refractivity contribution in [3.8, 4) is 11.5 Å². The summed E-state index contributed by atoms with van der Waals surface area (Å²) in [6, 6.07) is 7.34. The highest BCUT2D eigenvalue weighted by atomic mass is 16.5. The third-order valence-electron chi connectivity index (χ3n) is 4.41. The molecule has 2 rings (SSSR count). The normalized spacial score (nSPS) is 14.9. The van der Waals surface area contributed by atoms with E-state index in [1.165, 1.54) is 0 Å². The fourth-order valence-corrected chi connectivity index (χ4v) is 2.92. The van der Waals surface area contributed by atoms with Crippen LogP contribution in [0.25, 0.3) is 0 Å². The van der Waals surface area contributed by atoms with Crippen LogP contribution < -0.4 is 14.8 Å². The molecule has 0 atom stereocenters. The first-order chi connectivity index (χ1) is 12.1. The number of carbonyl (C=O) groups is 2. The van der Waals surface area contributed by atoms with Gasteiger partial charge in [0.15, 0.2) is 0 Å². The van der Waals surface area contributed by atoms with Crippen LogP contribution in [0.5, 0.6) is 11.5 Å². The molecule has 2 amide bonds. The van der Waals surface area contributed by atoms with Crippen molar-refractivity contribution >= 4 is 11.8 Å². The van der Waals surface area contributed by atoms with Crippen molar-refractivity contribution in [3.63, 3.8) is 0 Å². The van der Waals surface area contributed by atoms with Gasteiger partial charge in [0.25, 0.3) is 0 Å². The van der Waals surface area contributed by atoms with Crippen LogP contribution >= 0.6 is 0 Å². The summed E-state index contributed by atoms with van der Waals surface area (Å²) < 4.78 is 10.7. The highest BCUT2D eigenvalue weighted by Gasteiger charge is 2.26. The Hall–Kier alpha value is -2.24. The van der Waals surface area contributed by atoms with Gasteiger partial charge in [0.2, 0.25) is 11.8 Å². The van der Waals surface area contributed by atoms with E-state index in [2.05, 4.69) is 5.32 Å². The highest BCUT2D eigenvalue weighted by Crippen LogP contribution is 2.19. The van der Waals surface area contributed by atoms with Gasteiger partial charge in [0, 0.05) is 25.4 Å². The van der Waals surface area contributed by atoms with Crippen molar-refractivity contribution in [2.24, 2.45) is 5.92 Å². The van der Waals surface area contributed by atoms with E-state index in [9.17, 15) is 9.59 Å². The van der Waals surface area contributed by atoms with Gasteiger partial charge < -0.3 is 19.7 Å². The molecule has 1 aliphatic rings. The van der Waals surface area contributed by atoms with Crippen molar-refractivity contribution in [3.05, 3.63) is 24.3 Å². The monoisotopic (exact) mass is 348 g/mol. The van der Waals surface area contributed by atoms with Crippen LogP contribution in [0, 0.1) is 5.92 Å². The molecule has 6 heteroatoms. The SMILES string of the molecule is CCCC(=O)N1CCC(C(=O)NCCOc2ccc(OC)cc2)CC1. The summed E-state index contributed by atoms with van der Waals surface area (Å²) >= 11 is 0. The Kier molecular flexibility index (Phi) is 7.57. The summed E-state index contributed by atoms with van der Waals surface area (Å²) in [4.78, 5) is 25.9. The second-order valence-corrected chi connectivity index (χ2v) is 6.22. The molecule has 1 N–H and O–H groups in total. The molecule has 25 heavy (non-hydrogen) atoms. The maximum Gasteiger partial charge on any atom is 0.223 e.